The van der Waals surface area contributed by atoms with Gasteiger partial charge in [0.1, 0.15) is 5.76 Å². The Kier molecular flexibility index (Phi) is 5.09. The second-order valence-electron chi connectivity index (χ2n) is 5.69. The molecule has 3 rings (SSSR count). The molecule has 0 spiro atoms. The number of hydrogen-bond acceptors (Lipinski definition) is 4. The molecule has 0 saturated carbocycles. The van der Waals surface area contributed by atoms with Crippen molar-refractivity contribution in [2.24, 2.45) is 0 Å². The minimum atomic E-state index is -0.306. The van der Waals surface area contributed by atoms with Gasteiger partial charge >= 0.3 is 5.69 Å². The molecular weight excluding hydrogens is 318 g/mol. The highest BCUT2D eigenvalue weighted by Gasteiger charge is 2.14. The summed E-state index contributed by atoms with van der Waals surface area (Å²) in [7, 11) is 0. The first-order chi connectivity index (χ1) is 12.2. The first kappa shape index (κ1) is 16.7. The number of aryl methyl sites for hydroxylation is 1. The lowest BCUT2D eigenvalue weighted by Crippen LogP contribution is -2.22. The molecule has 0 aliphatic heterocycles. The van der Waals surface area contributed by atoms with Gasteiger partial charge in [-0.2, -0.15) is 0 Å². The molecule has 0 aliphatic rings. The molecule has 0 bridgehead atoms. The van der Waals surface area contributed by atoms with E-state index in [4.69, 9.17) is 4.42 Å². The molecule has 0 fully saturated rings. The largest absolute Gasteiger partial charge is 0.469 e. The van der Waals surface area contributed by atoms with Gasteiger partial charge in [-0.15, -0.1) is 0 Å². The van der Waals surface area contributed by atoms with Gasteiger partial charge in [0.15, 0.2) is 0 Å². The molecule has 0 unspecified atom stereocenters. The van der Waals surface area contributed by atoms with E-state index < -0.39 is 0 Å². The molecule has 0 atom stereocenters. The summed E-state index contributed by atoms with van der Waals surface area (Å²) >= 11 is 0. The van der Waals surface area contributed by atoms with Gasteiger partial charge in [0, 0.05) is 24.5 Å². The van der Waals surface area contributed by atoms with Crippen LogP contribution in [0.4, 0.5) is 5.69 Å². The smallest absolute Gasteiger partial charge is 0.347 e. The lowest BCUT2D eigenvalue weighted by molar-refractivity contribution is 0.102. The number of carbonyl (C=O) groups excluding carboxylic acids is 1. The predicted molar refractivity (Wildman–Crippen MR) is 94.7 cm³/mol. The number of benzene rings is 1. The van der Waals surface area contributed by atoms with Gasteiger partial charge < -0.3 is 9.73 Å². The monoisotopic (exact) mass is 337 g/mol. The molecule has 0 radical (unpaired) electrons. The molecule has 2 aromatic heterocycles. The normalized spacial score (nSPS) is 10.6. The number of nitrogens with zero attached hydrogens (tertiary/aromatic N) is 2. The van der Waals surface area contributed by atoms with Crippen LogP contribution in [0.3, 0.4) is 0 Å². The maximum atomic E-state index is 12.5. The zero-order valence-corrected chi connectivity index (χ0v) is 13.9. The van der Waals surface area contributed by atoms with Crippen LogP contribution in [0.1, 0.15) is 35.0 Å². The lowest BCUT2D eigenvalue weighted by atomic mass is 10.1. The van der Waals surface area contributed by atoms with Crippen molar-refractivity contribution in [3.8, 4) is 0 Å². The number of aromatic nitrogens is 2. The summed E-state index contributed by atoms with van der Waals surface area (Å²) in [5, 5.41) is 2.88. The molecule has 25 heavy (non-hydrogen) atoms. The Morgan fingerprint density at radius 2 is 2.16 bits per heavy atom. The van der Waals surface area contributed by atoms with Crippen LogP contribution in [0.25, 0.3) is 0 Å². The molecule has 1 amide bonds. The van der Waals surface area contributed by atoms with Crippen molar-refractivity contribution in [3.63, 3.8) is 0 Å². The number of hydrogen-bond donors (Lipinski definition) is 1. The fourth-order valence-corrected chi connectivity index (χ4v) is 2.61. The highest BCUT2D eigenvalue weighted by Crippen LogP contribution is 2.17. The van der Waals surface area contributed by atoms with E-state index in [1.165, 1.54) is 17.0 Å². The van der Waals surface area contributed by atoms with Crippen LogP contribution >= 0.6 is 0 Å². The first-order valence-electron chi connectivity index (χ1n) is 8.15. The summed E-state index contributed by atoms with van der Waals surface area (Å²) in [5.74, 6) is 0.492. The van der Waals surface area contributed by atoms with E-state index >= 15 is 0 Å². The SMILES string of the molecule is CCCc1occc1C(=O)Nc1cccc(Cn2cccnc2=O)c1. The lowest BCUT2D eigenvalue weighted by Gasteiger charge is -2.09. The standard InChI is InChI=1S/C19H19N3O3/c1-2-5-17-16(8-11-25-17)18(23)21-15-7-3-6-14(12-15)13-22-10-4-9-20-19(22)24/h3-4,6-12H,2,5,13H2,1H3,(H,21,23). The van der Waals surface area contributed by atoms with Crippen LogP contribution < -0.4 is 11.0 Å². The van der Waals surface area contributed by atoms with Crippen LogP contribution in [0.15, 0.2) is 64.3 Å². The van der Waals surface area contributed by atoms with E-state index in [9.17, 15) is 9.59 Å². The van der Waals surface area contributed by atoms with E-state index in [0.717, 1.165) is 18.4 Å². The topological polar surface area (TPSA) is 77.1 Å². The molecule has 0 aliphatic carbocycles. The number of anilines is 1. The second kappa shape index (κ2) is 7.61. The van der Waals surface area contributed by atoms with Crippen molar-refractivity contribution in [3.05, 3.63) is 82.4 Å². The number of carbonyl (C=O) groups is 1. The maximum Gasteiger partial charge on any atom is 0.347 e. The zero-order chi connectivity index (χ0) is 17.6. The predicted octanol–water partition coefficient (Wildman–Crippen LogP) is 3.09. The van der Waals surface area contributed by atoms with Crippen molar-refractivity contribution in [2.75, 3.05) is 5.32 Å². The Hall–Kier alpha value is -3.15. The van der Waals surface area contributed by atoms with Crippen LogP contribution in [-0.4, -0.2) is 15.5 Å². The molecule has 1 N–H and O–H groups in total. The number of rotatable bonds is 6. The molecule has 0 saturated heterocycles. The Labute approximate surface area is 145 Å². The molecule has 1 aromatic carbocycles. The van der Waals surface area contributed by atoms with Crippen LogP contribution in [0.5, 0.6) is 0 Å². The van der Waals surface area contributed by atoms with Gasteiger partial charge in [0.25, 0.3) is 5.91 Å². The summed E-state index contributed by atoms with van der Waals surface area (Å²) in [4.78, 5) is 27.9. The van der Waals surface area contributed by atoms with Crippen LogP contribution in [0.2, 0.25) is 0 Å². The van der Waals surface area contributed by atoms with Crippen molar-refractivity contribution in [1.82, 2.24) is 9.55 Å². The Balaban J connectivity index is 1.75. The third-order valence-corrected chi connectivity index (χ3v) is 3.79. The third-order valence-electron chi connectivity index (χ3n) is 3.79. The van der Waals surface area contributed by atoms with E-state index in [1.54, 1.807) is 18.3 Å². The van der Waals surface area contributed by atoms with Gasteiger partial charge in [-0.3, -0.25) is 9.36 Å². The first-order valence-corrected chi connectivity index (χ1v) is 8.15. The van der Waals surface area contributed by atoms with E-state index in [0.29, 0.717) is 23.6 Å². The van der Waals surface area contributed by atoms with Crippen molar-refractivity contribution < 1.29 is 9.21 Å². The maximum absolute atomic E-state index is 12.5. The summed E-state index contributed by atoms with van der Waals surface area (Å²) in [6.07, 6.45) is 6.31. The average Bonchev–Trinajstić information content (AvgIpc) is 3.06. The van der Waals surface area contributed by atoms with E-state index in [1.807, 2.05) is 31.2 Å². The minimum Gasteiger partial charge on any atom is -0.469 e. The van der Waals surface area contributed by atoms with Crippen LogP contribution in [-0.2, 0) is 13.0 Å². The van der Waals surface area contributed by atoms with Gasteiger partial charge in [-0.1, -0.05) is 19.1 Å². The summed E-state index contributed by atoms with van der Waals surface area (Å²) in [6, 6.07) is 10.8. The highest BCUT2D eigenvalue weighted by atomic mass is 16.3. The van der Waals surface area contributed by atoms with E-state index in [2.05, 4.69) is 10.3 Å². The summed E-state index contributed by atoms with van der Waals surface area (Å²) in [6.45, 7) is 2.43. The molecular formula is C19H19N3O3. The molecule has 3 aromatic rings. The third kappa shape index (κ3) is 4.03. The number of amides is 1. The number of furan rings is 1. The Bertz CT molecular complexity index is 927. The van der Waals surface area contributed by atoms with Crippen LogP contribution in [0, 0.1) is 0 Å². The zero-order valence-electron chi connectivity index (χ0n) is 13.9. The fraction of sp³-hybridized carbons (Fsp3) is 0.211. The number of nitrogens with one attached hydrogen (secondary N) is 1. The molecule has 128 valence electrons. The van der Waals surface area contributed by atoms with Gasteiger partial charge in [0.2, 0.25) is 0 Å². The van der Waals surface area contributed by atoms with E-state index in [-0.39, 0.29) is 11.6 Å². The Morgan fingerprint density at radius 3 is 2.96 bits per heavy atom. The summed E-state index contributed by atoms with van der Waals surface area (Å²) < 4.78 is 6.88. The second-order valence-corrected chi connectivity index (χ2v) is 5.69. The van der Waals surface area contributed by atoms with Crippen molar-refractivity contribution in [2.45, 2.75) is 26.3 Å². The summed E-state index contributed by atoms with van der Waals surface area (Å²) in [5.41, 5.74) is 1.81. The van der Waals surface area contributed by atoms with Crippen molar-refractivity contribution >= 4 is 11.6 Å². The highest BCUT2D eigenvalue weighted by molar-refractivity contribution is 6.05. The molecule has 2 heterocycles. The van der Waals surface area contributed by atoms with Crippen molar-refractivity contribution in [1.29, 1.82) is 0 Å². The fourth-order valence-electron chi connectivity index (χ4n) is 2.61. The Morgan fingerprint density at radius 1 is 1.28 bits per heavy atom. The minimum absolute atomic E-state index is 0.201. The molecule has 6 nitrogen and oxygen atoms in total. The van der Waals surface area contributed by atoms with Gasteiger partial charge in [-0.05, 0) is 36.2 Å². The van der Waals surface area contributed by atoms with Gasteiger partial charge in [0.05, 0.1) is 18.4 Å². The quantitative estimate of drug-likeness (QED) is 0.750. The molecule has 6 heteroatoms. The average molecular weight is 337 g/mol. The van der Waals surface area contributed by atoms with Gasteiger partial charge in [-0.25, -0.2) is 9.78 Å².